The SMILES string of the molecule is COc1ccc(C(=O)CSc2nc3scc(-c4cccs4)c3c(=O)n2C)cc1Cl. The van der Waals surface area contributed by atoms with E-state index in [4.69, 9.17) is 16.3 Å². The van der Waals surface area contributed by atoms with Crippen molar-refractivity contribution in [1.82, 2.24) is 9.55 Å². The van der Waals surface area contributed by atoms with Gasteiger partial charge in [-0.1, -0.05) is 29.4 Å². The third-order valence-electron chi connectivity index (χ3n) is 4.37. The Labute approximate surface area is 183 Å². The number of thioether (sulfide) groups is 1. The minimum Gasteiger partial charge on any atom is -0.495 e. The highest BCUT2D eigenvalue weighted by molar-refractivity contribution is 7.99. The van der Waals surface area contributed by atoms with Crippen LogP contribution in [0.15, 0.2) is 51.0 Å². The monoisotopic (exact) mass is 462 g/mol. The molecule has 0 fully saturated rings. The lowest BCUT2D eigenvalue weighted by molar-refractivity contribution is 0.102. The molecule has 0 atom stereocenters. The molecule has 0 aliphatic carbocycles. The fourth-order valence-corrected chi connectivity index (χ4v) is 5.78. The quantitative estimate of drug-likeness (QED) is 0.219. The Balaban J connectivity index is 1.60. The molecule has 0 saturated carbocycles. The van der Waals surface area contributed by atoms with Gasteiger partial charge in [-0.15, -0.1) is 22.7 Å². The Hall–Kier alpha value is -2.13. The molecule has 1 aromatic carbocycles. The van der Waals surface area contributed by atoms with E-state index in [1.807, 2.05) is 22.9 Å². The number of ether oxygens (including phenoxy) is 1. The third kappa shape index (κ3) is 3.85. The zero-order chi connectivity index (χ0) is 20.5. The molecule has 0 saturated heterocycles. The summed E-state index contributed by atoms with van der Waals surface area (Å²) in [5, 5.41) is 5.46. The number of benzene rings is 1. The first kappa shape index (κ1) is 20.2. The fraction of sp³-hybridized carbons (Fsp3) is 0.150. The van der Waals surface area contributed by atoms with Crippen molar-refractivity contribution in [2.24, 2.45) is 7.05 Å². The van der Waals surface area contributed by atoms with Gasteiger partial charge in [-0.05, 0) is 29.6 Å². The maximum atomic E-state index is 13.0. The van der Waals surface area contributed by atoms with Crippen molar-refractivity contribution in [3.63, 3.8) is 0 Å². The highest BCUT2D eigenvalue weighted by Crippen LogP contribution is 2.34. The molecule has 0 N–H and O–H groups in total. The lowest BCUT2D eigenvalue weighted by Gasteiger charge is -2.08. The molecule has 0 spiro atoms. The fourth-order valence-electron chi connectivity index (χ4n) is 2.85. The standard InChI is InChI=1S/C20H15ClN2O3S3/c1-23-19(25)17-12(16-4-3-7-27-16)9-28-18(17)22-20(23)29-10-14(24)11-5-6-15(26-2)13(21)8-11/h3-9H,10H2,1-2H3. The van der Waals surface area contributed by atoms with Crippen LogP contribution in [0, 0.1) is 0 Å². The Morgan fingerprint density at radius 1 is 1.31 bits per heavy atom. The van der Waals surface area contributed by atoms with Gasteiger partial charge < -0.3 is 4.74 Å². The molecule has 0 aliphatic heterocycles. The molecule has 3 heterocycles. The number of hydrogen-bond acceptors (Lipinski definition) is 7. The number of methoxy groups -OCH3 is 1. The predicted octanol–water partition coefficient (Wildman–Crippen LogP) is 5.36. The summed E-state index contributed by atoms with van der Waals surface area (Å²) in [5.74, 6) is 0.571. The Morgan fingerprint density at radius 2 is 2.14 bits per heavy atom. The van der Waals surface area contributed by atoms with Crippen LogP contribution >= 0.6 is 46.0 Å². The van der Waals surface area contributed by atoms with Crippen molar-refractivity contribution in [3.05, 3.63) is 62.0 Å². The summed E-state index contributed by atoms with van der Waals surface area (Å²) in [6, 6.07) is 8.88. The maximum Gasteiger partial charge on any atom is 0.263 e. The molecule has 9 heteroatoms. The second-order valence-electron chi connectivity index (χ2n) is 6.13. The molecule has 3 aromatic heterocycles. The van der Waals surface area contributed by atoms with E-state index in [9.17, 15) is 9.59 Å². The lowest BCUT2D eigenvalue weighted by atomic mass is 10.1. The van der Waals surface area contributed by atoms with E-state index in [0.717, 1.165) is 10.4 Å². The van der Waals surface area contributed by atoms with Gasteiger partial charge in [0, 0.05) is 28.4 Å². The normalized spacial score (nSPS) is 11.1. The average molecular weight is 463 g/mol. The highest BCUT2D eigenvalue weighted by atomic mass is 35.5. The summed E-state index contributed by atoms with van der Waals surface area (Å²) in [6.07, 6.45) is 0. The number of carbonyl (C=O) groups excluding carboxylic acids is 1. The number of halogens is 1. The Kier molecular flexibility index (Phi) is 5.78. The largest absolute Gasteiger partial charge is 0.495 e. The number of carbonyl (C=O) groups is 1. The number of thiophene rings is 2. The van der Waals surface area contributed by atoms with Crippen LogP contribution in [0.3, 0.4) is 0 Å². The van der Waals surface area contributed by atoms with Gasteiger partial charge in [-0.2, -0.15) is 0 Å². The summed E-state index contributed by atoms with van der Waals surface area (Å²) < 4.78 is 6.62. The zero-order valence-corrected chi connectivity index (χ0v) is 18.7. The first-order valence-corrected chi connectivity index (χ1v) is 11.6. The zero-order valence-electron chi connectivity index (χ0n) is 15.5. The van der Waals surface area contributed by atoms with Crippen molar-refractivity contribution in [1.29, 1.82) is 0 Å². The number of hydrogen-bond donors (Lipinski definition) is 0. The van der Waals surface area contributed by atoms with Crippen LogP contribution in [-0.4, -0.2) is 28.2 Å². The van der Waals surface area contributed by atoms with Crippen molar-refractivity contribution >= 4 is 62.0 Å². The van der Waals surface area contributed by atoms with E-state index in [-0.39, 0.29) is 17.1 Å². The molecular formula is C20H15ClN2O3S3. The first-order valence-electron chi connectivity index (χ1n) is 8.51. The van der Waals surface area contributed by atoms with E-state index < -0.39 is 0 Å². The molecule has 148 valence electrons. The Bertz CT molecular complexity index is 1260. The van der Waals surface area contributed by atoms with Crippen molar-refractivity contribution in [3.8, 4) is 16.2 Å². The second-order valence-corrected chi connectivity index (χ2v) is 9.28. The van der Waals surface area contributed by atoms with Crippen molar-refractivity contribution < 1.29 is 9.53 Å². The number of Topliss-reactive ketones (excluding diaryl/α,β-unsaturated/α-hetero) is 1. The number of ketones is 1. The highest BCUT2D eigenvalue weighted by Gasteiger charge is 2.17. The van der Waals surface area contributed by atoms with Crippen LogP contribution < -0.4 is 10.3 Å². The van der Waals surface area contributed by atoms with Crippen molar-refractivity contribution in [2.45, 2.75) is 5.16 Å². The minimum absolute atomic E-state index is 0.0978. The number of fused-ring (bicyclic) bond motifs is 1. The van der Waals surface area contributed by atoms with Crippen LogP contribution in [0.25, 0.3) is 20.7 Å². The van der Waals surface area contributed by atoms with E-state index in [2.05, 4.69) is 4.98 Å². The van der Waals surface area contributed by atoms with Crippen LogP contribution in [0.2, 0.25) is 5.02 Å². The molecule has 0 bridgehead atoms. The van der Waals surface area contributed by atoms with Gasteiger partial charge in [0.05, 0.1) is 23.3 Å². The third-order valence-corrected chi connectivity index (χ3v) is 7.47. The summed E-state index contributed by atoms with van der Waals surface area (Å²) >= 11 is 10.4. The molecule has 0 amide bonds. The molecule has 4 rings (SSSR count). The molecular weight excluding hydrogens is 448 g/mol. The van der Waals surface area contributed by atoms with E-state index >= 15 is 0 Å². The van der Waals surface area contributed by atoms with Crippen LogP contribution in [0.1, 0.15) is 10.4 Å². The molecule has 0 radical (unpaired) electrons. The van der Waals surface area contributed by atoms with Gasteiger partial charge in [-0.25, -0.2) is 4.98 Å². The smallest absolute Gasteiger partial charge is 0.263 e. The molecule has 5 nitrogen and oxygen atoms in total. The van der Waals surface area contributed by atoms with E-state index in [0.29, 0.717) is 31.7 Å². The first-order chi connectivity index (χ1) is 14.0. The topological polar surface area (TPSA) is 61.2 Å². The summed E-state index contributed by atoms with van der Waals surface area (Å²) in [4.78, 5) is 31.9. The summed E-state index contributed by atoms with van der Waals surface area (Å²) in [5.41, 5.74) is 1.29. The number of nitrogens with zero attached hydrogens (tertiary/aromatic N) is 2. The molecule has 0 unspecified atom stereocenters. The lowest BCUT2D eigenvalue weighted by Crippen LogP contribution is -2.20. The van der Waals surface area contributed by atoms with E-state index in [1.54, 1.807) is 36.6 Å². The maximum absolute atomic E-state index is 13.0. The Morgan fingerprint density at radius 3 is 2.83 bits per heavy atom. The van der Waals surface area contributed by atoms with Gasteiger partial charge in [0.25, 0.3) is 5.56 Å². The van der Waals surface area contributed by atoms with Gasteiger partial charge in [-0.3, -0.25) is 14.2 Å². The predicted molar refractivity (Wildman–Crippen MR) is 121 cm³/mol. The van der Waals surface area contributed by atoms with Crippen molar-refractivity contribution in [2.75, 3.05) is 12.9 Å². The molecule has 0 aliphatic rings. The van der Waals surface area contributed by atoms with Gasteiger partial charge >= 0.3 is 0 Å². The van der Waals surface area contributed by atoms with E-state index in [1.165, 1.54) is 34.8 Å². The van der Waals surface area contributed by atoms with Crippen LogP contribution in [0.4, 0.5) is 0 Å². The molecule has 4 aromatic rings. The average Bonchev–Trinajstić information content (AvgIpc) is 3.38. The minimum atomic E-state index is -0.109. The van der Waals surface area contributed by atoms with Crippen LogP contribution in [-0.2, 0) is 7.05 Å². The van der Waals surface area contributed by atoms with Gasteiger partial charge in [0.2, 0.25) is 0 Å². The number of aromatic nitrogens is 2. The molecule has 29 heavy (non-hydrogen) atoms. The van der Waals surface area contributed by atoms with Gasteiger partial charge in [0.1, 0.15) is 10.6 Å². The number of rotatable bonds is 6. The van der Waals surface area contributed by atoms with Gasteiger partial charge in [0.15, 0.2) is 10.9 Å². The summed E-state index contributed by atoms with van der Waals surface area (Å²) in [6.45, 7) is 0. The second kappa shape index (κ2) is 8.31. The summed E-state index contributed by atoms with van der Waals surface area (Å²) in [7, 11) is 3.21. The van der Waals surface area contributed by atoms with Crippen LogP contribution in [0.5, 0.6) is 5.75 Å².